The molecule has 0 saturated carbocycles. The molecular weight excluding hydrogens is 282 g/mol. The van der Waals surface area contributed by atoms with Crippen LogP contribution in [0.5, 0.6) is 0 Å². The molecule has 3 rings (SSSR count). The molecule has 0 amide bonds. The SMILES string of the molecule is O=S(=O)(NCC1CCCN1)N1CCC2(CC1)OCCO2. The Morgan fingerprint density at radius 1 is 1.25 bits per heavy atom. The van der Waals surface area contributed by atoms with Gasteiger partial charge in [0.25, 0.3) is 10.2 Å². The van der Waals surface area contributed by atoms with Gasteiger partial charge >= 0.3 is 0 Å². The first-order chi connectivity index (χ1) is 9.60. The summed E-state index contributed by atoms with van der Waals surface area (Å²) in [5, 5.41) is 3.29. The Labute approximate surface area is 120 Å². The predicted octanol–water partition coefficient (Wildman–Crippen LogP) is -0.588. The van der Waals surface area contributed by atoms with E-state index in [1.165, 1.54) is 4.31 Å². The lowest BCUT2D eigenvalue weighted by molar-refractivity contribution is -0.179. The summed E-state index contributed by atoms with van der Waals surface area (Å²) < 4.78 is 39.9. The topological polar surface area (TPSA) is 79.9 Å². The molecule has 0 aromatic rings. The maximum absolute atomic E-state index is 12.3. The summed E-state index contributed by atoms with van der Waals surface area (Å²) in [7, 11) is -3.38. The largest absolute Gasteiger partial charge is 0.347 e. The third-order valence-corrected chi connectivity index (χ3v) is 5.89. The van der Waals surface area contributed by atoms with Crippen molar-refractivity contribution in [3.8, 4) is 0 Å². The van der Waals surface area contributed by atoms with E-state index < -0.39 is 16.0 Å². The number of piperidine rings is 1. The van der Waals surface area contributed by atoms with Crippen LogP contribution >= 0.6 is 0 Å². The van der Waals surface area contributed by atoms with Gasteiger partial charge in [0, 0.05) is 38.5 Å². The normalized spacial score (nSPS) is 31.1. The van der Waals surface area contributed by atoms with E-state index in [0.29, 0.717) is 45.7 Å². The average molecular weight is 305 g/mol. The minimum Gasteiger partial charge on any atom is -0.347 e. The third-order valence-electron chi connectivity index (χ3n) is 4.31. The molecular formula is C12H23N3O4S. The van der Waals surface area contributed by atoms with Gasteiger partial charge in [-0.25, -0.2) is 4.72 Å². The van der Waals surface area contributed by atoms with Crippen molar-refractivity contribution in [2.45, 2.75) is 37.5 Å². The number of hydrogen-bond donors (Lipinski definition) is 2. The van der Waals surface area contributed by atoms with Gasteiger partial charge in [-0.2, -0.15) is 12.7 Å². The highest BCUT2D eigenvalue weighted by Crippen LogP contribution is 2.31. The van der Waals surface area contributed by atoms with Gasteiger partial charge in [0.2, 0.25) is 0 Å². The fraction of sp³-hybridized carbons (Fsp3) is 1.00. The fourth-order valence-corrected chi connectivity index (χ4v) is 4.34. The van der Waals surface area contributed by atoms with Gasteiger partial charge in [0.05, 0.1) is 13.2 Å². The van der Waals surface area contributed by atoms with Gasteiger partial charge < -0.3 is 14.8 Å². The summed E-state index contributed by atoms with van der Waals surface area (Å²) >= 11 is 0. The number of nitrogens with one attached hydrogen (secondary N) is 2. The van der Waals surface area contributed by atoms with Gasteiger partial charge in [-0.05, 0) is 19.4 Å². The van der Waals surface area contributed by atoms with Gasteiger partial charge in [-0.1, -0.05) is 0 Å². The Kier molecular flexibility index (Phi) is 4.30. The van der Waals surface area contributed by atoms with Crippen molar-refractivity contribution in [2.75, 3.05) is 39.4 Å². The van der Waals surface area contributed by atoms with Crippen LogP contribution in [0, 0.1) is 0 Å². The molecule has 0 bridgehead atoms. The lowest BCUT2D eigenvalue weighted by Gasteiger charge is -2.36. The molecule has 3 saturated heterocycles. The second-order valence-electron chi connectivity index (χ2n) is 5.65. The molecule has 2 N–H and O–H groups in total. The molecule has 7 nitrogen and oxygen atoms in total. The molecule has 0 radical (unpaired) electrons. The van der Waals surface area contributed by atoms with Crippen molar-refractivity contribution in [2.24, 2.45) is 0 Å². The highest BCUT2D eigenvalue weighted by atomic mass is 32.2. The van der Waals surface area contributed by atoms with Crippen molar-refractivity contribution in [1.29, 1.82) is 0 Å². The van der Waals surface area contributed by atoms with Gasteiger partial charge in [-0.3, -0.25) is 0 Å². The van der Waals surface area contributed by atoms with Crippen molar-refractivity contribution < 1.29 is 17.9 Å². The highest BCUT2D eigenvalue weighted by Gasteiger charge is 2.42. The molecule has 20 heavy (non-hydrogen) atoms. The number of hydrogen-bond acceptors (Lipinski definition) is 5. The molecule has 0 aromatic carbocycles. The Balaban J connectivity index is 1.50. The molecule has 0 aliphatic carbocycles. The van der Waals surface area contributed by atoms with E-state index in [1.54, 1.807) is 0 Å². The van der Waals surface area contributed by atoms with Gasteiger partial charge in [0.1, 0.15) is 0 Å². The zero-order valence-corrected chi connectivity index (χ0v) is 12.5. The lowest BCUT2D eigenvalue weighted by Crippen LogP contribution is -2.51. The second-order valence-corrected chi connectivity index (χ2v) is 7.41. The Hall–Kier alpha value is -0.250. The molecule has 3 aliphatic rings. The maximum atomic E-state index is 12.3. The molecule has 1 spiro atoms. The fourth-order valence-electron chi connectivity index (χ4n) is 3.08. The molecule has 3 fully saturated rings. The first kappa shape index (κ1) is 14.7. The number of ether oxygens (including phenoxy) is 2. The second kappa shape index (κ2) is 5.86. The van der Waals surface area contributed by atoms with E-state index in [0.717, 1.165) is 19.4 Å². The predicted molar refractivity (Wildman–Crippen MR) is 73.4 cm³/mol. The van der Waals surface area contributed by atoms with Crippen LogP contribution in [0.4, 0.5) is 0 Å². The minimum absolute atomic E-state index is 0.266. The summed E-state index contributed by atoms with van der Waals surface area (Å²) in [6.07, 6.45) is 3.37. The van der Waals surface area contributed by atoms with Crippen LogP contribution in [0.15, 0.2) is 0 Å². The summed E-state index contributed by atoms with van der Waals surface area (Å²) in [5.41, 5.74) is 0. The third kappa shape index (κ3) is 3.15. The summed E-state index contributed by atoms with van der Waals surface area (Å²) in [4.78, 5) is 0. The quantitative estimate of drug-likeness (QED) is 0.726. The summed E-state index contributed by atoms with van der Waals surface area (Å²) in [6, 6.07) is 0.266. The first-order valence-corrected chi connectivity index (χ1v) is 8.80. The molecule has 8 heteroatoms. The highest BCUT2D eigenvalue weighted by molar-refractivity contribution is 7.87. The number of nitrogens with zero attached hydrogens (tertiary/aromatic N) is 1. The molecule has 1 unspecified atom stereocenters. The van der Waals surface area contributed by atoms with E-state index >= 15 is 0 Å². The van der Waals surface area contributed by atoms with Crippen LogP contribution in [-0.2, 0) is 19.7 Å². The Bertz CT molecular complexity index is 420. The molecule has 0 aromatic heterocycles. The average Bonchev–Trinajstić information content (AvgIpc) is 3.09. The van der Waals surface area contributed by atoms with Crippen molar-refractivity contribution in [1.82, 2.24) is 14.3 Å². The van der Waals surface area contributed by atoms with E-state index in [1.807, 2.05) is 0 Å². The van der Waals surface area contributed by atoms with Crippen LogP contribution in [0.1, 0.15) is 25.7 Å². The molecule has 3 aliphatic heterocycles. The van der Waals surface area contributed by atoms with Crippen molar-refractivity contribution >= 4 is 10.2 Å². The summed E-state index contributed by atoms with van der Waals surface area (Å²) in [6.45, 7) is 3.57. The first-order valence-electron chi connectivity index (χ1n) is 7.36. The van der Waals surface area contributed by atoms with Gasteiger partial charge in [-0.15, -0.1) is 0 Å². The standard InChI is InChI=1S/C12H23N3O4S/c16-20(17,14-10-11-2-1-5-13-11)15-6-3-12(4-7-15)18-8-9-19-12/h11,13-14H,1-10H2. The number of rotatable bonds is 4. The van der Waals surface area contributed by atoms with Crippen molar-refractivity contribution in [3.05, 3.63) is 0 Å². The molecule has 3 heterocycles. The zero-order valence-electron chi connectivity index (χ0n) is 11.6. The lowest BCUT2D eigenvalue weighted by atomic mass is 10.1. The maximum Gasteiger partial charge on any atom is 0.279 e. The summed E-state index contributed by atoms with van der Waals surface area (Å²) in [5.74, 6) is -0.529. The minimum atomic E-state index is -3.38. The zero-order chi connectivity index (χ0) is 14.1. The van der Waals surface area contributed by atoms with Crippen LogP contribution in [0.2, 0.25) is 0 Å². The van der Waals surface area contributed by atoms with Gasteiger partial charge in [0.15, 0.2) is 5.79 Å². The van der Waals surface area contributed by atoms with Crippen LogP contribution in [0.25, 0.3) is 0 Å². The monoisotopic (exact) mass is 305 g/mol. The Morgan fingerprint density at radius 3 is 2.55 bits per heavy atom. The van der Waals surface area contributed by atoms with E-state index in [2.05, 4.69) is 10.0 Å². The molecule has 116 valence electrons. The molecule has 1 atom stereocenters. The Morgan fingerprint density at radius 2 is 1.95 bits per heavy atom. The van der Waals surface area contributed by atoms with E-state index in [-0.39, 0.29) is 6.04 Å². The van der Waals surface area contributed by atoms with Crippen molar-refractivity contribution in [3.63, 3.8) is 0 Å². The van der Waals surface area contributed by atoms with Crippen LogP contribution in [0.3, 0.4) is 0 Å². The van der Waals surface area contributed by atoms with Crippen LogP contribution < -0.4 is 10.0 Å². The van der Waals surface area contributed by atoms with E-state index in [4.69, 9.17) is 9.47 Å². The smallest absolute Gasteiger partial charge is 0.279 e. The van der Waals surface area contributed by atoms with E-state index in [9.17, 15) is 8.42 Å². The van der Waals surface area contributed by atoms with Crippen LogP contribution in [-0.4, -0.2) is 63.9 Å².